The van der Waals surface area contributed by atoms with Crippen LogP contribution < -0.4 is 5.32 Å². The lowest BCUT2D eigenvalue weighted by Crippen LogP contribution is -2.45. The van der Waals surface area contributed by atoms with Gasteiger partial charge < -0.3 is 10.4 Å². The second-order valence-corrected chi connectivity index (χ2v) is 7.85. The van der Waals surface area contributed by atoms with Crippen LogP contribution in [0.15, 0.2) is 0 Å². The fourth-order valence-electron chi connectivity index (χ4n) is 2.79. The van der Waals surface area contributed by atoms with Gasteiger partial charge in [0, 0.05) is 26.2 Å². The molecule has 0 aromatic rings. The molecule has 2 atom stereocenters. The SMILES string of the molecule is CCCC(CCO)CNC(=O)C1CCCN(S(C)(=O)=O)C1. The molecule has 0 bridgehead atoms. The Labute approximate surface area is 128 Å². The third-order valence-electron chi connectivity index (χ3n) is 4.02. The molecular weight excluding hydrogens is 292 g/mol. The highest BCUT2D eigenvalue weighted by Crippen LogP contribution is 2.19. The predicted molar refractivity (Wildman–Crippen MR) is 82.3 cm³/mol. The molecule has 1 amide bonds. The molecule has 1 heterocycles. The Kier molecular flexibility index (Phi) is 7.62. The highest BCUT2D eigenvalue weighted by molar-refractivity contribution is 7.88. The molecular formula is C14H28N2O4S. The number of nitrogens with one attached hydrogen (secondary N) is 1. The average molecular weight is 320 g/mol. The number of carbonyl (C=O) groups is 1. The molecule has 1 aliphatic heterocycles. The van der Waals surface area contributed by atoms with E-state index in [1.54, 1.807) is 0 Å². The van der Waals surface area contributed by atoms with E-state index in [1.165, 1.54) is 10.6 Å². The number of nitrogens with zero attached hydrogens (tertiary/aromatic N) is 1. The number of aliphatic hydroxyl groups is 1. The fraction of sp³-hybridized carbons (Fsp3) is 0.929. The molecule has 2 N–H and O–H groups in total. The Morgan fingerprint density at radius 2 is 2.14 bits per heavy atom. The van der Waals surface area contributed by atoms with Crippen molar-refractivity contribution in [2.45, 2.75) is 39.0 Å². The van der Waals surface area contributed by atoms with Gasteiger partial charge in [-0.2, -0.15) is 0 Å². The van der Waals surface area contributed by atoms with Crippen LogP contribution in [0.3, 0.4) is 0 Å². The van der Waals surface area contributed by atoms with Gasteiger partial charge in [-0.1, -0.05) is 13.3 Å². The van der Waals surface area contributed by atoms with E-state index in [0.29, 0.717) is 25.4 Å². The van der Waals surface area contributed by atoms with Crippen LogP contribution >= 0.6 is 0 Å². The van der Waals surface area contributed by atoms with Crippen LogP contribution in [0.1, 0.15) is 39.0 Å². The highest BCUT2D eigenvalue weighted by atomic mass is 32.2. The first-order valence-corrected chi connectivity index (χ1v) is 9.57. The number of amides is 1. The molecule has 0 aromatic heterocycles. The number of piperidine rings is 1. The third-order valence-corrected chi connectivity index (χ3v) is 5.29. The van der Waals surface area contributed by atoms with Gasteiger partial charge in [0.15, 0.2) is 0 Å². The van der Waals surface area contributed by atoms with Crippen LogP contribution in [0.2, 0.25) is 0 Å². The summed E-state index contributed by atoms with van der Waals surface area (Å²) in [5, 5.41) is 11.9. The van der Waals surface area contributed by atoms with E-state index in [2.05, 4.69) is 12.2 Å². The molecule has 1 saturated heterocycles. The summed E-state index contributed by atoms with van der Waals surface area (Å²) in [5.41, 5.74) is 0. The topological polar surface area (TPSA) is 86.7 Å². The molecule has 21 heavy (non-hydrogen) atoms. The normalized spacial score (nSPS) is 22.0. The maximum atomic E-state index is 12.2. The summed E-state index contributed by atoms with van der Waals surface area (Å²) in [6.07, 6.45) is 5.32. The van der Waals surface area contributed by atoms with Crippen molar-refractivity contribution in [3.8, 4) is 0 Å². The first kappa shape index (κ1) is 18.4. The lowest BCUT2D eigenvalue weighted by molar-refractivity contribution is -0.126. The number of hydrogen-bond acceptors (Lipinski definition) is 4. The van der Waals surface area contributed by atoms with Crippen LogP contribution in [0.4, 0.5) is 0 Å². The van der Waals surface area contributed by atoms with Gasteiger partial charge in [0.2, 0.25) is 15.9 Å². The summed E-state index contributed by atoms with van der Waals surface area (Å²) in [6, 6.07) is 0. The van der Waals surface area contributed by atoms with Crippen molar-refractivity contribution in [2.24, 2.45) is 11.8 Å². The zero-order valence-electron chi connectivity index (χ0n) is 13.0. The molecule has 0 saturated carbocycles. The minimum absolute atomic E-state index is 0.0672. The zero-order chi connectivity index (χ0) is 15.9. The van der Waals surface area contributed by atoms with Crippen LogP contribution in [-0.4, -0.2) is 56.2 Å². The number of carbonyl (C=O) groups excluding carboxylic acids is 1. The van der Waals surface area contributed by atoms with Gasteiger partial charge >= 0.3 is 0 Å². The van der Waals surface area contributed by atoms with Crippen molar-refractivity contribution >= 4 is 15.9 Å². The van der Waals surface area contributed by atoms with Crippen molar-refractivity contribution in [3.05, 3.63) is 0 Å². The molecule has 1 rings (SSSR count). The molecule has 7 heteroatoms. The Bertz CT molecular complexity index is 419. The van der Waals surface area contributed by atoms with Gasteiger partial charge in [0.25, 0.3) is 0 Å². The minimum atomic E-state index is -3.22. The molecule has 0 spiro atoms. The maximum absolute atomic E-state index is 12.2. The van der Waals surface area contributed by atoms with E-state index in [-0.39, 0.29) is 25.0 Å². The molecule has 2 unspecified atom stereocenters. The molecule has 0 aromatic carbocycles. The van der Waals surface area contributed by atoms with E-state index in [0.717, 1.165) is 25.7 Å². The number of rotatable bonds is 8. The number of hydrogen-bond donors (Lipinski definition) is 2. The number of aliphatic hydroxyl groups excluding tert-OH is 1. The largest absolute Gasteiger partial charge is 0.396 e. The second-order valence-electron chi connectivity index (χ2n) is 5.87. The van der Waals surface area contributed by atoms with E-state index < -0.39 is 10.0 Å². The Hall–Kier alpha value is -0.660. The van der Waals surface area contributed by atoms with E-state index in [4.69, 9.17) is 5.11 Å². The molecule has 0 radical (unpaired) electrons. The Morgan fingerprint density at radius 3 is 2.71 bits per heavy atom. The molecule has 1 fully saturated rings. The van der Waals surface area contributed by atoms with Crippen LogP contribution in [0.5, 0.6) is 0 Å². The summed E-state index contributed by atoms with van der Waals surface area (Å²) >= 11 is 0. The monoisotopic (exact) mass is 320 g/mol. The van der Waals surface area contributed by atoms with Crippen LogP contribution in [0.25, 0.3) is 0 Å². The molecule has 124 valence electrons. The van der Waals surface area contributed by atoms with Crippen LogP contribution in [0, 0.1) is 11.8 Å². The predicted octanol–water partition coefficient (Wildman–Crippen LogP) is 0.573. The van der Waals surface area contributed by atoms with E-state index in [9.17, 15) is 13.2 Å². The van der Waals surface area contributed by atoms with E-state index >= 15 is 0 Å². The first-order chi connectivity index (χ1) is 9.88. The molecule has 6 nitrogen and oxygen atoms in total. The quantitative estimate of drug-likeness (QED) is 0.685. The fourth-order valence-corrected chi connectivity index (χ4v) is 3.70. The highest BCUT2D eigenvalue weighted by Gasteiger charge is 2.30. The van der Waals surface area contributed by atoms with E-state index in [1.807, 2.05) is 0 Å². The summed E-state index contributed by atoms with van der Waals surface area (Å²) in [6.45, 7) is 3.56. The molecule has 1 aliphatic rings. The Morgan fingerprint density at radius 1 is 1.43 bits per heavy atom. The van der Waals surface area contributed by atoms with Crippen molar-refractivity contribution in [2.75, 3.05) is 32.5 Å². The average Bonchev–Trinajstić information content (AvgIpc) is 2.44. The van der Waals surface area contributed by atoms with Gasteiger partial charge in [-0.3, -0.25) is 4.79 Å². The zero-order valence-corrected chi connectivity index (χ0v) is 13.9. The number of sulfonamides is 1. The van der Waals surface area contributed by atoms with Gasteiger partial charge in [-0.15, -0.1) is 0 Å². The van der Waals surface area contributed by atoms with Gasteiger partial charge in [-0.25, -0.2) is 12.7 Å². The smallest absolute Gasteiger partial charge is 0.224 e. The Balaban J connectivity index is 2.47. The maximum Gasteiger partial charge on any atom is 0.224 e. The van der Waals surface area contributed by atoms with Crippen molar-refractivity contribution in [1.29, 1.82) is 0 Å². The standard InChI is InChI=1S/C14H28N2O4S/c1-3-5-12(7-9-17)10-15-14(18)13-6-4-8-16(11-13)21(2,19)20/h12-13,17H,3-11H2,1-2H3,(H,15,18). The lowest BCUT2D eigenvalue weighted by atomic mass is 9.97. The van der Waals surface area contributed by atoms with Crippen molar-refractivity contribution in [1.82, 2.24) is 9.62 Å². The second kappa shape index (κ2) is 8.70. The van der Waals surface area contributed by atoms with Gasteiger partial charge in [-0.05, 0) is 31.6 Å². The summed E-state index contributed by atoms with van der Waals surface area (Å²) in [7, 11) is -3.22. The van der Waals surface area contributed by atoms with Crippen LogP contribution in [-0.2, 0) is 14.8 Å². The minimum Gasteiger partial charge on any atom is -0.396 e. The lowest BCUT2D eigenvalue weighted by Gasteiger charge is -2.30. The first-order valence-electron chi connectivity index (χ1n) is 7.72. The summed E-state index contributed by atoms with van der Waals surface area (Å²) < 4.78 is 24.5. The molecule has 0 aliphatic carbocycles. The van der Waals surface area contributed by atoms with Gasteiger partial charge in [0.1, 0.15) is 0 Å². The third kappa shape index (κ3) is 6.32. The van der Waals surface area contributed by atoms with Crippen molar-refractivity contribution in [3.63, 3.8) is 0 Å². The summed E-state index contributed by atoms with van der Waals surface area (Å²) in [4.78, 5) is 12.2. The van der Waals surface area contributed by atoms with Gasteiger partial charge in [0.05, 0.1) is 12.2 Å². The summed E-state index contributed by atoms with van der Waals surface area (Å²) in [5.74, 6) is -0.0363. The van der Waals surface area contributed by atoms with Crippen molar-refractivity contribution < 1.29 is 18.3 Å².